The van der Waals surface area contributed by atoms with Crippen LogP contribution in [0, 0.1) is 0 Å². The van der Waals surface area contributed by atoms with Crippen LogP contribution in [-0.2, 0) is 28.6 Å². The monoisotopic (exact) mass is 1150 g/mol. The zero-order valence-corrected chi connectivity index (χ0v) is 54.8. The van der Waals surface area contributed by atoms with E-state index in [2.05, 4.69) is 93.7 Å². The molecule has 0 spiro atoms. The standard InChI is InChI=1S/C76H136O6/c1-4-7-10-13-16-19-22-25-28-30-32-34-36-38-40-42-44-46-48-51-54-57-60-63-66-69-75(78)81-72-73(71-80-74(77)68-65-62-59-56-53-50-27-24-21-18-15-12-9-6-3)82-76(79)70-67-64-61-58-55-52-49-47-45-43-41-39-37-35-33-31-29-26-23-20-17-14-11-8-5-2/h22-23,25-26,30-33,36-39,73H,4-21,24,27-29,34-35,40-72H2,1-3H3/b25-22-,26-23-,32-30-,33-31-,38-36-,39-37-. The Kier molecular flexibility index (Phi) is 67.6. The van der Waals surface area contributed by atoms with E-state index in [0.717, 1.165) is 83.5 Å². The molecule has 82 heavy (non-hydrogen) atoms. The minimum Gasteiger partial charge on any atom is -0.462 e. The molecular formula is C76H136O6. The van der Waals surface area contributed by atoms with E-state index in [1.165, 1.54) is 250 Å². The van der Waals surface area contributed by atoms with Crippen LogP contribution in [0.5, 0.6) is 0 Å². The van der Waals surface area contributed by atoms with Crippen molar-refractivity contribution in [3.05, 3.63) is 72.9 Å². The highest BCUT2D eigenvalue weighted by molar-refractivity contribution is 5.71. The molecule has 0 bridgehead atoms. The molecule has 0 heterocycles. The summed E-state index contributed by atoms with van der Waals surface area (Å²) in [5.41, 5.74) is 0. The molecule has 1 atom stereocenters. The van der Waals surface area contributed by atoms with Crippen molar-refractivity contribution < 1.29 is 28.6 Å². The maximum Gasteiger partial charge on any atom is 0.306 e. The summed E-state index contributed by atoms with van der Waals surface area (Å²) in [4.78, 5) is 38.5. The van der Waals surface area contributed by atoms with Crippen molar-refractivity contribution in [3.63, 3.8) is 0 Å². The van der Waals surface area contributed by atoms with Crippen LogP contribution in [0.3, 0.4) is 0 Å². The van der Waals surface area contributed by atoms with E-state index in [1.807, 2.05) is 0 Å². The Bertz CT molecular complexity index is 1500. The minimum absolute atomic E-state index is 0.0743. The first-order chi connectivity index (χ1) is 40.5. The number of esters is 3. The number of allylic oxidation sites excluding steroid dienone is 12. The van der Waals surface area contributed by atoms with E-state index in [-0.39, 0.29) is 31.1 Å². The molecule has 0 aliphatic heterocycles. The second kappa shape index (κ2) is 70.3. The second-order valence-corrected chi connectivity index (χ2v) is 24.1. The average molecular weight is 1150 g/mol. The maximum absolute atomic E-state index is 13.0. The van der Waals surface area contributed by atoms with E-state index >= 15 is 0 Å². The molecule has 0 radical (unpaired) electrons. The van der Waals surface area contributed by atoms with Gasteiger partial charge in [-0.3, -0.25) is 14.4 Å². The molecule has 0 N–H and O–H groups in total. The van der Waals surface area contributed by atoms with Crippen molar-refractivity contribution in [1.29, 1.82) is 0 Å². The Labute approximate surface area is 510 Å². The largest absolute Gasteiger partial charge is 0.462 e. The second-order valence-electron chi connectivity index (χ2n) is 24.1. The zero-order valence-electron chi connectivity index (χ0n) is 54.8. The van der Waals surface area contributed by atoms with Crippen LogP contribution in [0.25, 0.3) is 0 Å². The van der Waals surface area contributed by atoms with Crippen LogP contribution in [0.15, 0.2) is 72.9 Å². The summed E-state index contributed by atoms with van der Waals surface area (Å²) in [7, 11) is 0. The average Bonchev–Trinajstić information content (AvgIpc) is 3.47. The third-order valence-electron chi connectivity index (χ3n) is 15.9. The molecule has 6 nitrogen and oxygen atoms in total. The number of carbonyl (C=O) groups excluding carboxylic acids is 3. The van der Waals surface area contributed by atoms with Crippen molar-refractivity contribution in [1.82, 2.24) is 0 Å². The predicted molar refractivity (Wildman–Crippen MR) is 358 cm³/mol. The summed E-state index contributed by atoms with van der Waals surface area (Å²) in [6.07, 6.45) is 92.1. The summed E-state index contributed by atoms with van der Waals surface area (Å²) < 4.78 is 17.0. The SMILES string of the molecule is CCCCCCC/C=C\C/C=C\C/C=C\CCCCCCCCCCCCC(=O)OCC(COC(=O)CCCCCCCCCCCCCCCC)OC(=O)CCCCCCCCCCCC/C=C\C/C=C\C/C=C\CCCCCCC. The number of rotatable bonds is 66. The highest BCUT2D eigenvalue weighted by Gasteiger charge is 2.19. The molecule has 0 aromatic carbocycles. The third kappa shape index (κ3) is 67.6. The molecule has 0 amide bonds. The number of unbranched alkanes of at least 4 members (excludes halogenated alkanes) is 43. The van der Waals surface area contributed by atoms with E-state index in [9.17, 15) is 14.4 Å². The van der Waals surface area contributed by atoms with E-state index in [0.29, 0.717) is 19.3 Å². The quantitative estimate of drug-likeness (QED) is 0.0261. The van der Waals surface area contributed by atoms with Gasteiger partial charge in [0, 0.05) is 19.3 Å². The van der Waals surface area contributed by atoms with Crippen LogP contribution in [0.4, 0.5) is 0 Å². The highest BCUT2D eigenvalue weighted by atomic mass is 16.6. The fourth-order valence-corrected chi connectivity index (χ4v) is 10.5. The lowest BCUT2D eigenvalue weighted by atomic mass is 10.0. The van der Waals surface area contributed by atoms with Gasteiger partial charge in [-0.15, -0.1) is 0 Å². The first kappa shape index (κ1) is 78.8. The molecule has 0 aromatic rings. The van der Waals surface area contributed by atoms with Crippen molar-refractivity contribution >= 4 is 17.9 Å². The molecule has 0 fully saturated rings. The van der Waals surface area contributed by atoms with Gasteiger partial charge in [-0.2, -0.15) is 0 Å². The topological polar surface area (TPSA) is 78.9 Å². The number of hydrogen-bond acceptors (Lipinski definition) is 6. The van der Waals surface area contributed by atoms with Gasteiger partial charge in [-0.25, -0.2) is 0 Å². The molecule has 0 saturated heterocycles. The lowest BCUT2D eigenvalue weighted by molar-refractivity contribution is -0.167. The number of ether oxygens (including phenoxy) is 3. The van der Waals surface area contributed by atoms with Crippen LogP contribution >= 0.6 is 0 Å². The van der Waals surface area contributed by atoms with Gasteiger partial charge in [0.05, 0.1) is 0 Å². The van der Waals surface area contributed by atoms with Crippen LogP contribution in [-0.4, -0.2) is 37.2 Å². The molecule has 1 unspecified atom stereocenters. The Morgan fingerprint density at radius 3 is 0.683 bits per heavy atom. The molecule has 6 heteroatoms. The smallest absolute Gasteiger partial charge is 0.306 e. The number of carbonyl (C=O) groups is 3. The fourth-order valence-electron chi connectivity index (χ4n) is 10.5. The van der Waals surface area contributed by atoms with Gasteiger partial charge in [0.2, 0.25) is 0 Å². The molecule has 0 aliphatic rings. The third-order valence-corrected chi connectivity index (χ3v) is 15.9. The van der Waals surface area contributed by atoms with Crippen LogP contribution < -0.4 is 0 Å². The van der Waals surface area contributed by atoms with Gasteiger partial charge in [-0.1, -0.05) is 331 Å². The Hall–Kier alpha value is -3.15. The lowest BCUT2D eigenvalue weighted by Gasteiger charge is -2.18. The van der Waals surface area contributed by atoms with E-state index in [1.54, 1.807) is 0 Å². The normalized spacial score (nSPS) is 12.5. The van der Waals surface area contributed by atoms with Gasteiger partial charge in [0.15, 0.2) is 6.10 Å². The van der Waals surface area contributed by atoms with E-state index in [4.69, 9.17) is 14.2 Å². The molecule has 0 aromatic heterocycles. The van der Waals surface area contributed by atoms with Gasteiger partial charge in [0.1, 0.15) is 13.2 Å². The van der Waals surface area contributed by atoms with Crippen molar-refractivity contribution in [2.75, 3.05) is 13.2 Å². The summed E-state index contributed by atoms with van der Waals surface area (Å²) in [5.74, 6) is -0.860. The van der Waals surface area contributed by atoms with Gasteiger partial charge in [0.25, 0.3) is 0 Å². The molecule has 476 valence electrons. The zero-order chi connectivity index (χ0) is 59.2. The first-order valence-electron chi connectivity index (χ1n) is 35.9. The maximum atomic E-state index is 13.0. The van der Waals surface area contributed by atoms with Gasteiger partial charge < -0.3 is 14.2 Å². The molecular weight excluding hydrogens is 1010 g/mol. The molecule has 0 aliphatic carbocycles. The summed E-state index contributed by atoms with van der Waals surface area (Å²) in [5, 5.41) is 0. The molecule has 0 saturated carbocycles. The predicted octanol–water partition coefficient (Wildman–Crippen LogP) is 24.8. The first-order valence-corrected chi connectivity index (χ1v) is 35.9. The van der Waals surface area contributed by atoms with Crippen LogP contribution in [0.2, 0.25) is 0 Å². The summed E-state index contributed by atoms with van der Waals surface area (Å²) in [6, 6.07) is 0. The molecule has 0 rings (SSSR count). The highest BCUT2D eigenvalue weighted by Crippen LogP contribution is 2.17. The van der Waals surface area contributed by atoms with Gasteiger partial charge >= 0.3 is 17.9 Å². The Balaban J connectivity index is 4.31. The van der Waals surface area contributed by atoms with Crippen molar-refractivity contribution in [2.45, 2.75) is 380 Å². The minimum atomic E-state index is -0.780. The Morgan fingerprint density at radius 2 is 0.439 bits per heavy atom. The number of hydrogen-bond donors (Lipinski definition) is 0. The van der Waals surface area contributed by atoms with Crippen molar-refractivity contribution in [3.8, 4) is 0 Å². The van der Waals surface area contributed by atoms with Gasteiger partial charge in [-0.05, 0) is 96.3 Å². The van der Waals surface area contributed by atoms with Crippen molar-refractivity contribution in [2.24, 2.45) is 0 Å². The fraction of sp³-hybridized carbons (Fsp3) is 0.803. The van der Waals surface area contributed by atoms with E-state index < -0.39 is 6.10 Å². The Morgan fingerprint density at radius 1 is 0.244 bits per heavy atom. The lowest BCUT2D eigenvalue weighted by Crippen LogP contribution is -2.30. The van der Waals surface area contributed by atoms with Crippen LogP contribution in [0.1, 0.15) is 374 Å². The summed E-state index contributed by atoms with van der Waals surface area (Å²) in [6.45, 7) is 6.67. The summed E-state index contributed by atoms with van der Waals surface area (Å²) >= 11 is 0.